The number of benzene rings is 2. The summed E-state index contributed by atoms with van der Waals surface area (Å²) < 4.78 is 10.2. The van der Waals surface area contributed by atoms with E-state index in [9.17, 15) is 9.90 Å². The van der Waals surface area contributed by atoms with Crippen LogP contribution in [0.5, 0.6) is 17.2 Å². The van der Waals surface area contributed by atoms with Crippen LogP contribution < -0.4 is 15.2 Å². The predicted octanol–water partition coefficient (Wildman–Crippen LogP) is 2.47. The number of anilines is 1. The second-order valence-corrected chi connectivity index (χ2v) is 4.19. The molecule has 0 radical (unpaired) electrons. The maximum Gasteiger partial charge on any atom is 0.168 e. The molecular weight excluding hydrogens is 258 g/mol. The average molecular weight is 273 g/mol. The standard InChI is InChI=1S/C15H15NO4/c1-19-11-3-4-12(13(16)7-11)9-5-10(8-17)15(18)14(6-9)20-2/h3-8,18H,16H2,1-2H3. The molecule has 0 heterocycles. The molecule has 0 saturated carbocycles. The number of carbonyl (C=O) groups is 1. The van der Waals surface area contributed by atoms with Crippen molar-refractivity contribution in [1.82, 2.24) is 0 Å². The van der Waals surface area contributed by atoms with Gasteiger partial charge in [0.15, 0.2) is 17.8 Å². The van der Waals surface area contributed by atoms with Crippen molar-refractivity contribution < 1.29 is 19.4 Å². The Kier molecular flexibility index (Phi) is 3.79. The van der Waals surface area contributed by atoms with Crippen LogP contribution in [0.1, 0.15) is 10.4 Å². The van der Waals surface area contributed by atoms with Crippen LogP contribution in [0.4, 0.5) is 5.69 Å². The lowest BCUT2D eigenvalue weighted by Gasteiger charge is -2.12. The normalized spacial score (nSPS) is 10.1. The summed E-state index contributed by atoms with van der Waals surface area (Å²) in [6.45, 7) is 0. The van der Waals surface area contributed by atoms with Gasteiger partial charge in [-0.25, -0.2) is 0 Å². The molecule has 0 atom stereocenters. The van der Waals surface area contributed by atoms with Gasteiger partial charge in [-0.1, -0.05) is 0 Å². The fourth-order valence-corrected chi connectivity index (χ4v) is 1.96. The van der Waals surface area contributed by atoms with Gasteiger partial charge in [-0.15, -0.1) is 0 Å². The number of phenolic OH excluding ortho intramolecular Hbond substituents is 1. The van der Waals surface area contributed by atoms with Crippen molar-refractivity contribution in [3.05, 3.63) is 35.9 Å². The third kappa shape index (κ3) is 2.38. The van der Waals surface area contributed by atoms with Gasteiger partial charge < -0.3 is 20.3 Å². The summed E-state index contributed by atoms with van der Waals surface area (Å²) in [7, 11) is 2.98. The van der Waals surface area contributed by atoms with Crippen molar-refractivity contribution in [3.8, 4) is 28.4 Å². The van der Waals surface area contributed by atoms with E-state index in [1.807, 2.05) is 0 Å². The topological polar surface area (TPSA) is 81.8 Å². The van der Waals surface area contributed by atoms with E-state index in [-0.39, 0.29) is 17.1 Å². The lowest BCUT2D eigenvalue weighted by atomic mass is 10.0. The highest BCUT2D eigenvalue weighted by molar-refractivity contribution is 5.87. The highest BCUT2D eigenvalue weighted by atomic mass is 16.5. The predicted molar refractivity (Wildman–Crippen MR) is 76.4 cm³/mol. The second-order valence-electron chi connectivity index (χ2n) is 4.19. The quantitative estimate of drug-likeness (QED) is 0.660. The van der Waals surface area contributed by atoms with Crippen LogP contribution in [0.3, 0.4) is 0 Å². The first kappa shape index (κ1) is 13.7. The molecule has 3 N–H and O–H groups in total. The van der Waals surface area contributed by atoms with Gasteiger partial charge in [-0.05, 0) is 29.8 Å². The molecule has 0 unspecified atom stereocenters. The first-order valence-electron chi connectivity index (χ1n) is 5.90. The molecule has 2 aromatic carbocycles. The van der Waals surface area contributed by atoms with Crippen molar-refractivity contribution in [2.24, 2.45) is 0 Å². The summed E-state index contributed by atoms with van der Waals surface area (Å²) in [6.07, 6.45) is 0.571. The number of nitrogens with two attached hydrogens (primary N) is 1. The molecule has 0 aliphatic rings. The molecule has 104 valence electrons. The Bertz CT molecular complexity index is 653. The lowest BCUT2D eigenvalue weighted by Crippen LogP contribution is -1.95. The van der Waals surface area contributed by atoms with Gasteiger partial charge in [0, 0.05) is 17.3 Å². The van der Waals surface area contributed by atoms with E-state index >= 15 is 0 Å². The molecular formula is C15H15NO4. The van der Waals surface area contributed by atoms with Crippen LogP contribution in [0.25, 0.3) is 11.1 Å². The van der Waals surface area contributed by atoms with Crippen LogP contribution in [-0.2, 0) is 0 Å². The molecule has 20 heavy (non-hydrogen) atoms. The number of phenols is 1. The van der Waals surface area contributed by atoms with Gasteiger partial charge in [-0.3, -0.25) is 4.79 Å². The Morgan fingerprint density at radius 3 is 2.45 bits per heavy atom. The Balaban J connectivity index is 2.60. The summed E-state index contributed by atoms with van der Waals surface area (Å²) in [5, 5.41) is 9.80. The van der Waals surface area contributed by atoms with Crippen LogP contribution in [0, 0.1) is 0 Å². The molecule has 5 nitrogen and oxygen atoms in total. The first-order valence-corrected chi connectivity index (χ1v) is 5.90. The monoisotopic (exact) mass is 273 g/mol. The molecule has 0 aliphatic carbocycles. The molecule has 2 aromatic rings. The van der Waals surface area contributed by atoms with Gasteiger partial charge in [0.2, 0.25) is 0 Å². The van der Waals surface area contributed by atoms with Gasteiger partial charge in [0.25, 0.3) is 0 Å². The summed E-state index contributed by atoms with van der Waals surface area (Å²) in [5.74, 6) is 0.686. The maximum atomic E-state index is 11.0. The fourth-order valence-electron chi connectivity index (χ4n) is 1.96. The van der Waals surface area contributed by atoms with E-state index in [1.165, 1.54) is 7.11 Å². The Hall–Kier alpha value is -2.69. The van der Waals surface area contributed by atoms with E-state index in [2.05, 4.69) is 0 Å². The largest absolute Gasteiger partial charge is 0.504 e. The van der Waals surface area contributed by atoms with E-state index in [0.29, 0.717) is 23.3 Å². The van der Waals surface area contributed by atoms with Crippen LogP contribution in [0.15, 0.2) is 30.3 Å². The minimum Gasteiger partial charge on any atom is -0.504 e. The molecule has 0 saturated heterocycles. The van der Waals surface area contributed by atoms with Crippen molar-refractivity contribution in [2.45, 2.75) is 0 Å². The lowest BCUT2D eigenvalue weighted by molar-refractivity contribution is 0.112. The number of hydrogen-bond donors (Lipinski definition) is 2. The Morgan fingerprint density at radius 2 is 1.90 bits per heavy atom. The number of nitrogen functional groups attached to an aromatic ring is 1. The van der Waals surface area contributed by atoms with Gasteiger partial charge in [-0.2, -0.15) is 0 Å². The van der Waals surface area contributed by atoms with E-state index in [1.54, 1.807) is 37.4 Å². The van der Waals surface area contributed by atoms with Crippen molar-refractivity contribution in [2.75, 3.05) is 20.0 Å². The summed E-state index contributed by atoms with van der Waals surface area (Å²) in [6, 6.07) is 8.43. The number of ether oxygens (including phenoxy) is 2. The highest BCUT2D eigenvalue weighted by Gasteiger charge is 2.13. The third-order valence-electron chi connectivity index (χ3n) is 3.02. The summed E-state index contributed by atoms with van der Waals surface area (Å²) >= 11 is 0. The zero-order valence-corrected chi connectivity index (χ0v) is 11.2. The zero-order valence-electron chi connectivity index (χ0n) is 11.2. The third-order valence-corrected chi connectivity index (χ3v) is 3.02. The van der Waals surface area contributed by atoms with Gasteiger partial charge in [0.05, 0.1) is 19.8 Å². The zero-order chi connectivity index (χ0) is 14.7. The first-order chi connectivity index (χ1) is 9.60. The van der Waals surface area contributed by atoms with Crippen LogP contribution in [0.2, 0.25) is 0 Å². The molecule has 0 aromatic heterocycles. The van der Waals surface area contributed by atoms with E-state index in [0.717, 1.165) is 5.56 Å². The number of hydrogen-bond acceptors (Lipinski definition) is 5. The molecule has 0 amide bonds. The number of methoxy groups -OCH3 is 2. The Morgan fingerprint density at radius 1 is 1.15 bits per heavy atom. The highest BCUT2D eigenvalue weighted by Crippen LogP contribution is 2.37. The van der Waals surface area contributed by atoms with E-state index < -0.39 is 0 Å². The number of aromatic hydroxyl groups is 1. The van der Waals surface area contributed by atoms with Crippen molar-refractivity contribution in [1.29, 1.82) is 0 Å². The van der Waals surface area contributed by atoms with Gasteiger partial charge in [0.1, 0.15) is 5.75 Å². The maximum absolute atomic E-state index is 11.0. The van der Waals surface area contributed by atoms with Crippen LogP contribution in [-0.4, -0.2) is 25.6 Å². The fraction of sp³-hybridized carbons (Fsp3) is 0.133. The van der Waals surface area contributed by atoms with Crippen LogP contribution >= 0.6 is 0 Å². The minimum absolute atomic E-state index is 0.148. The SMILES string of the molecule is COc1ccc(-c2cc(C=O)c(O)c(OC)c2)c(N)c1. The number of rotatable bonds is 4. The second kappa shape index (κ2) is 5.52. The summed E-state index contributed by atoms with van der Waals surface area (Å²) in [4.78, 5) is 11.0. The summed E-state index contributed by atoms with van der Waals surface area (Å²) in [5.41, 5.74) is 8.05. The van der Waals surface area contributed by atoms with E-state index in [4.69, 9.17) is 15.2 Å². The molecule has 0 fully saturated rings. The van der Waals surface area contributed by atoms with Gasteiger partial charge >= 0.3 is 0 Å². The molecule has 0 bridgehead atoms. The number of aldehydes is 1. The minimum atomic E-state index is -0.182. The average Bonchev–Trinajstić information content (AvgIpc) is 2.47. The molecule has 2 rings (SSSR count). The molecule has 0 spiro atoms. The molecule has 5 heteroatoms. The Labute approximate surface area is 116 Å². The van der Waals surface area contributed by atoms with Crippen molar-refractivity contribution in [3.63, 3.8) is 0 Å². The van der Waals surface area contributed by atoms with Crippen molar-refractivity contribution >= 4 is 12.0 Å². The smallest absolute Gasteiger partial charge is 0.168 e. The number of carbonyl (C=O) groups excluding carboxylic acids is 1. The molecule has 0 aliphatic heterocycles.